The van der Waals surface area contributed by atoms with E-state index in [0.29, 0.717) is 12.8 Å². The summed E-state index contributed by atoms with van der Waals surface area (Å²) in [5.74, 6) is -0.279. The van der Waals surface area contributed by atoms with Crippen molar-refractivity contribution in [3.05, 3.63) is 35.9 Å². The number of hydrogen-bond acceptors (Lipinski definition) is 2. The molecular weight excluding hydrogens is 350 g/mol. The Morgan fingerprint density at radius 3 is 2.07 bits per heavy atom. The molecule has 0 radical (unpaired) electrons. The Morgan fingerprint density at radius 2 is 1.50 bits per heavy atom. The SMILES string of the molecule is CCC(C)CCCCCCCCCCC(=O)N[C@@H](Cc1ccccc1)C(=O)O. The van der Waals surface area contributed by atoms with Crippen molar-refractivity contribution in [2.24, 2.45) is 5.92 Å². The molecule has 0 heterocycles. The first-order chi connectivity index (χ1) is 13.5. The lowest BCUT2D eigenvalue weighted by Crippen LogP contribution is -2.42. The summed E-state index contributed by atoms with van der Waals surface area (Å²) in [6.45, 7) is 4.59. The van der Waals surface area contributed by atoms with Gasteiger partial charge in [-0.1, -0.05) is 102 Å². The Balaban J connectivity index is 2.07. The van der Waals surface area contributed by atoms with Crippen LogP contribution in [-0.4, -0.2) is 23.0 Å². The maximum Gasteiger partial charge on any atom is 0.326 e. The predicted molar refractivity (Wildman–Crippen MR) is 115 cm³/mol. The van der Waals surface area contributed by atoms with Crippen LogP contribution in [0.1, 0.15) is 90.0 Å². The highest BCUT2D eigenvalue weighted by Gasteiger charge is 2.19. The molecule has 158 valence electrons. The van der Waals surface area contributed by atoms with Crippen molar-refractivity contribution >= 4 is 11.9 Å². The van der Waals surface area contributed by atoms with Crippen molar-refractivity contribution < 1.29 is 14.7 Å². The first-order valence-corrected chi connectivity index (χ1v) is 11.1. The lowest BCUT2D eigenvalue weighted by atomic mass is 9.99. The Labute approximate surface area is 171 Å². The second-order valence-electron chi connectivity index (χ2n) is 8.03. The van der Waals surface area contributed by atoms with E-state index in [-0.39, 0.29) is 5.91 Å². The average molecular weight is 390 g/mol. The summed E-state index contributed by atoms with van der Waals surface area (Å²) >= 11 is 0. The highest BCUT2D eigenvalue weighted by atomic mass is 16.4. The highest BCUT2D eigenvalue weighted by Crippen LogP contribution is 2.15. The summed E-state index contributed by atoms with van der Waals surface area (Å²) in [6.07, 6.45) is 12.9. The lowest BCUT2D eigenvalue weighted by molar-refractivity contribution is -0.141. The number of carbonyl (C=O) groups is 2. The van der Waals surface area contributed by atoms with E-state index in [1.807, 2.05) is 30.3 Å². The van der Waals surface area contributed by atoms with Gasteiger partial charge in [0.25, 0.3) is 0 Å². The summed E-state index contributed by atoms with van der Waals surface area (Å²) < 4.78 is 0. The van der Waals surface area contributed by atoms with E-state index in [1.54, 1.807) is 0 Å². The molecule has 0 aliphatic rings. The van der Waals surface area contributed by atoms with E-state index < -0.39 is 12.0 Å². The quantitative estimate of drug-likeness (QED) is 0.354. The molecule has 1 amide bonds. The van der Waals surface area contributed by atoms with E-state index >= 15 is 0 Å². The van der Waals surface area contributed by atoms with Gasteiger partial charge in [0.15, 0.2) is 0 Å². The number of rotatable bonds is 16. The van der Waals surface area contributed by atoms with E-state index in [2.05, 4.69) is 19.2 Å². The Morgan fingerprint density at radius 1 is 0.929 bits per heavy atom. The van der Waals surface area contributed by atoms with E-state index in [1.165, 1.54) is 44.9 Å². The van der Waals surface area contributed by atoms with Crippen molar-refractivity contribution in [2.45, 2.75) is 96.9 Å². The van der Waals surface area contributed by atoms with Gasteiger partial charge in [-0.2, -0.15) is 0 Å². The molecule has 0 aliphatic heterocycles. The first-order valence-electron chi connectivity index (χ1n) is 11.1. The van der Waals surface area contributed by atoms with Crippen LogP contribution in [0.2, 0.25) is 0 Å². The summed E-state index contributed by atoms with van der Waals surface area (Å²) in [6, 6.07) is 8.55. The topological polar surface area (TPSA) is 66.4 Å². The van der Waals surface area contributed by atoms with Crippen LogP contribution >= 0.6 is 0 Å². The number of carboxylic acids is 1. The summed E-state index contributed by atoms with van der Waals surface area (Å²) in [5, 5.41) is 12.0. The second kappa shape index (κ2) is 15.1. The minimum absolute atomic E-state index is 0.159. The Kier molecular flexibility index (Phi) is 13.1. The van der Waals surface area contributed by atoms with Gasteiger partial charge in [-0.25, -0.2) is 4.79 Å². The van der Waals surface area contributed by atoms with Crippen LogP contribution in [-0.2, 0) is 16.0 Å². The second-order valence-corrected chi connectivity index (χ2v) is 8.03. The molecule has 0 saturated carbocycles. The summed E-state index contributed by atoms with van der Waals surface area (Å²) in [7, 11) is 0. The fourth-order valence-electron chi connectivity index (χ4n) is 3.36. The van der Waals surface area contributed by atoms with Crippen LogP contribution in [0.25, 0.3) is 0 Å². The molecule has 2 N–H and O–H groups in total. The molecule has 0 saturated heterocycles. The largest absolute Gasteiger partial charge is 0.480 e. The van der Waals surface area contributed by atoms with Gasteiger partial charge in [-0.15, -0.1) is 0 Å². The zero-order valence-corrected chi connectivity index (χ0v) is 17.8. The molecule has 0 aliphatic carbocycles. The van der Waals surface area contributed by atoms with E-state index in [4.69, 9.17) is 0 Å². The van der Waals surface area contributed by atoms with Gasteiger partial charge >= 0.3 is 5.97 Å². The highest BCUT2D eigenvalue weighted by molar-refractivity contribution is 5.83. The molecule has 0 spiro atoms. The number of hydrogen-bond donors (Lipinski definition) is 2. The molecule has 1 unspecified atom stereocenters. The molecule has 0 aromatic heterocycles. The first kappa shape index (κ1) is 24.2. The van der Waals surface area contributed by atoms with Crippen LogP contribution < -0.4 is 5.32 Å². The molecule has 1 aromatic rings. The maximum absolute atomic E-state index is 12.1. The predicted octanol–water partition coefficient (Wildman–Crippen LogP) is 5.75. The van der Waals surface area contributed by atoms with E-state index in [9.17, 15) is 14.7 Å². The van der Waals surface area contributed by atoms with Gasteiger partial charge in [0, 0.05) is 12.8 Å². The van der Waals surface area contributed by atoms with Crippen molar-refractivity contribution in [1.82, 2.24) is 5.32 Å². The molecule has 1 aromatic carbocycles. The van der Waals surface area contributed by atoms with Crippen molar-refractivity contribution in [3.8, 4) is 0 Å². The smallest absolute Gasteiger partial charge is 0.326 e. The molecule has 4 nitrogen and oxygen atoms in total. The van der Waals surface area contributed by atoms with Crippen molar-refractivity contribution in [2.75, 3.05) is 0 Å². The van der Waals surface area contributed by atoms with Gasteiger partial charge in [-0.05, 0) is 17.9 Å². The standard InChI is InChI=1S/C24H39NO3/c1-3-20(2)15-11-8-6-4-5-7-9-14-18-23(26)25-22(24(27)28)19-21-16-12-10-13-17-21/h10,12-13,16-17,20,22H,3-9,11,14-15,18-19H2,1-2H3,(H,25,26)(H,27,28)/t20?,22-/m0/s1. The number of aliphatic carboxylic acids is 1. The monoisotopic (exact) mass is 389 g/mol. The number of nitrogens with one attached hydrogen (secondary N) is 1. The third kappa shape index (κ3) is 11.8. The van der Waals surface area contributed by atoms with Crippen molar-refractivity contribution in [1.29, 1.82) is 0 Å². The molecule has 28 heavy (non-hydrogen) atoms. The van der Waals surface area contributed by atoms with Crippen LogP contribution in [0.3, 0.4) is 0 Å². The van der Waals surface area contributed by atoms with Crippen LogP contribution in [0.4, 0.5) is 0 Å². The minimum Gasteiger partial charge on any atom is -0.480 e. The molecule has 4 heteroatoms. The Hall–Kier alpha value is -1.84. The molecule has 1 rings (SSSR count). The normalized spacial score (nSPS) is 13.1. The number of unbranched alkanes of at least 4 members (excludes halogenated alkanes) is 7. The molecular formula is C24H39NO3. The zero-order chi connectivity index (χ0) is 20.6. The lowest BCUT2D eigenvalue weighted by Gasteiger charge is -2.14. The summed E-state index contributed by atoms with van der Waals surface area (Å²) in [4.78, 5) is 23.5. The third-order valence-corrected chi connectivity index (χ3v) is 5.46. The molecule has 0 bridgehead atoms. The maximum atomic E-state index is 12.1. The number of benzene rings is 1. The average Bonchev–Trinajstić information content (AvgIpc) is 2.69. The van der Waals surface area contributed by atoms with Crippen molar-refractivity contribution in [3.63, 3.8) is 0 Å². The van der Waals surface area contributed by atoms with Gasteiger partial charge in [0.05, 0.1) is 0 Å². The van der Waals surface area contributed by atoms with Gasteiger partial charge in [0.2, 0.25) is 5.91 Å². The van der Waals surface area contributed by atoms with Gasteiger partial charge in [0.1, 0.15) is 6.04 Å². The van der Waals surface area contributed by atoms with Crippen LogP contribution in [0.15, 0.2) is 30.3 Å². The van der Waals surface area contributed by atoms with Gasteiger partial charge in [-0.3, -0.25) is 4.79 Å². The van der Waals surface area contributed by atoms with Gasteiger partial charge < -0.3 is 10.4 Å². The Bertz CT molecular complexity index is 544. The number of carbonyl (C=O) groups excluding carboxylic acids is 1. The number of amides is 1. The zero-order valence-electron chi connectivity index (χ0n) is 17.8. The van der Waals surface area contributed by atoms with Crippen LogP contribution in [0, 0.1) is 5.92 Å². The summed E-state index contributed by atoms with van der Waals surface area (Å²) in [5.41, 5.74) is 0.916. The molecule has 0 fully saturated rings. The fourth-order valence-corrected chi connectivity index (χ4v) is 3.36. The minimum atomic E-state index is -0.981. The number of carboxylic acid groups (broad SMARTS) is 1. The van der Waals surface area contributed by atoms with Crippen LogP contribution in [0.5, 0.6) is 0 Å². The molecule has 2 atom stereocenters. The fraction of sp³-hybridized carbons (Fsp3) is 0.667. The third-order valence-electron chi connectivity index (χ3n) is 5.46. The van der Waals surface area contributed by atoms with E-state index in [0.717, 1.165) is 30.7 Å².